The minimum atomic E-state index is -0.702. The van der Waals surface area contributed by atoms with Crippen molar-refractivity contribution in [1.82, 2.24) is 15.1 Å². The molecule has 4 nitrogen and oxygen atoms in total. The summed E-state index contributed by atoms with van der Waals surface area (Å²) in [6, 6.07) is 7.52. The summed E-state index contributed by atoms with van der Waals surface area (Å²) in [6.07, 6.45) is 3.77. The van der Waals surface area contributed by atoms with Gasteiger partial charge in [-0.3, -0.25) is 0 Å². The van der Waals surface area contributed by atoms with Crippen LogP contribution in [0, 0.1) is 0 Å². The molecule has 102 valence electrons. The molecule has 0 saturated heterocycles. The van der Waals surface area contributed by atoms with Gasteiger partial charge in [0.25, 0.3) is 0 Å². The lowest BCUT2D eigenvalue weighted by molar-refractivity contribution is 0.0795. The maximum Gasteiger partial charge on any atom is 0.0715 e. The van der Waals surface area contributed by atoms with Gasteiger partial charge in [-0.2, -0.15) is 5.10 Å². The highest BCUT2D eigenvalue weighted by Gasteiger charge is 2.11. The molecule has 2 N–H and O–H groups in total. The van der Waals surface area contributed by atoms with Crippen molar-refractivity contribution in [3.05, 3.63) is 47.2 Å². The molecule has 0 spiro atoms. The largest absolute Gasteiger partial charge is 0.389 e. The molecule has 1 aromatic carbocycles. The van der Waals surface area contributed by atoms with Gasteiger partial charge >= 0.3 is 0 Å². The maximum absolute atomic E-state index is 9.61. The van der Waals surface area contributed by atoms with Gasteiger partial charge in [-0.15, -0.1) is 0 Å². The molecule has 0 saturated carbocycles. The molecule has 0 atom stereocenters. The number of aliphatic hydroxyl groups is 1. The van der Waals surface area contributed by atoms with Gasteiger partial charge in [0.05, 0.1) is 17.5 Å². The van der Waals surface area contributed by atoms with Crippen LogP contribution in [-0.2, 0) is 6.54 Å². The summed E-state index contributed by atoms with van der Waals surface area (Å²) in [4.78, 5) is 0. The summed E-state index contributed by atoms with van der Waals surface area (Å²) in [5.74, 6) is 0. The molecular weight excluding hydrogens is 262 g/mol. The van der Waals surface area contributed by atoms with E-state index < -0.39 is 5.60 Å². The molecule has 0 radical (unpaired) electrons. The monoisotopic (exact) mass is 279 g/mol. The fourth-order valence-electron chi connectivity index (χ4n) is 1.70. The Morgan fingerprint density at radius 3 is 2.63 bits per heavy atom. The number of hydrogen-bond acceptors (Lipinski definition) is 3. The Labute approximate surface area is 118 Å². The Kier molecular flexibility index (Phi) is 4.24. The summed E-state index contributed by atoms with van der Waals surface area (Å²) in [5, 5.41) is 17.8. The average Bonchev–Trinajstić information content (AvgIpc) is 2.77. The van der Waals surface area contributed by atoms with E-state index >= 15 is 0 Å². The van der Waals surface area contributed by atoms with E-state index in [4.69, 9.17) is 11.6 Å². The summed E-state index contributed by atoms with van der Waals surface area (Å²) in [5.41, 5.74) is 1.34. The molecule has 0 bridgehead atoms. The number of nitrogens with zero attached hydrogens (tertiary/aromatic N) is 2. The average molecular weight is 280 g/mol. The third-order valence-electron chi connectivity index (χ3n) is 2.61. The Morgan fingerprint density at radius 1 is 1.32 bits per heavy atom. The van der Waals surface area contributed by atoms with Crippen molar-refractivity contribution in [2.75, 3.05) is 6.54 Å². The topological polar surface area (TPSA) is 50.1 Å². The minimum absolute atomic E-state index is 0.541. The highest BCUT2D eigenvalue weighted by molar-refractivity contribution is 6.30. The lowest BCUT2D eigenvalue weighted by atomic mass is 10.1. The molecule has 0 amide bonds. The Hall–Kier alpha value is -1.36. The number of nitrogens with one attached hydrogen (secondary N) is 1. The first-order valence-electron chi connectivity index (χ1n) is 6.17. The lowest BCUT2D eigenvalue weighted by Gasteiger charge is -2.17. The molecule has 5 heteroatoms. The molecule has 0 aliphatic rings. The zero-order valence-electron chi connectivity index (χ0n) is 11.1. The van der Waals surface area contributed by atoms with Crippen molar-refractivity contribution in [2.45, 2.75) is 26.0 Å². The van der Waals surface area contributed by atoms with Crippen LogP contribution >= 0.6 is 11.6 Å². The van der Waals surface area contributed by atoms with Gasteiger partial charge in [-0.05, 0) is 38.1 Å². The number of halogens is 1. The van der Waals surface area contributed by atoms with Crippen LogP contribution in [0.3, 0.4) is 0 Å². The van der Waals surface area contributed by atoms with Gasteiger partial charge < -0.3 is 10.4 Å². The predicted molar refractivity (Wildman–Crippen MR) is 76.6 cm³/mol. The molecule has 0 aliphatic heterocycles. The molecule has 2 rings (SSSR count). The van der Waals surface area contributed by atoms with Crippen molar-refractivity contribution >= 4 is 11.6 Å². The van der Waals surface area contributed by atoms with Crippen molar-refractivity contribution in [3.63, 3.8) is 0 Å². The number of hydrogen-bond donors (Lipinski definition) is 2. The zero-order valence-corrected chi connectivity index (χ0v) is 11.9. The van der Waals surface area contributed by atoms with E-state index in [1.54, 1.807) is 18.5 Å². The SMILES string of the molecule is CC(C)(O)CNCc1cnn(-c2ccc(Cl)cc2)c1. The summed E-state index contributed by atoms with van der Waals surface area (Å²) < 4.78 is 1.80. The van der Waals surface area contributed by atoms with E-state index in [1.165, 1.54) is 0 Å². The van der Waals surface area contributed by atoms with Crippen LogP contribution in [-0.4, -0.2) is 27.0 Å². The Morgan fingerprint density at radius 2 is 2.00 bits per heavy atom. The Balaban J connectivity index is 1.97. The fourth-order valence-corrected chi connectivity index (χ4v) is 1.83. The normalized spacial score (nSPS) is 11.8. The maximum atomic E-state index is 9.61. The van der Waals surface area contributed by atoms with Crippen LogP contribution < -0.4 is 5.32 Å². The van der Waals surface area contributed by atoms with Crippen LogP contribution in [0.2, 0.25) is 5.02 Å². The molecule has 1 heterocycles. The number of aromatic nitrogens is 2. The molecule has 19 heavy (non-hydrogen) atoms. The van der Waals surface area contributed by atoms with Gasteiger partial charge in [0.2, 0.25) is 0 Å². The lowest BCUT2D eigenvalue weighted by Crippen LogP contribution is -2.34. The van der Waals surface area contributed by atoms with Crippen LogP contribution in [0.4, 0.5) is 0 Å². The third kappa shape index (κ3) is 4.35. The van der Waals surface area contributed by atoms with Crippen LogP contribution in [0.25, 0.3) is 5.69 Å². The first-order chi connectivity index (χ1) is 8.94. The summed E-state index contributed by atoms with van der Waals surface area (Å²) in [7, 11) is 0. The van der Waals surface area contributed by atoms with Gasteiger partial charge in [0.1, 0.15) is 0 Å². The second-order valence-corrected chi connectivity index (χ2v) is 5.62. The van der Waals surface area contributed by atoms with Crippen molar-refractivity contribution < 1.29 is 5.11 Å². The van der Waals surface area contributed by atoms with E-state index in [9.17, 15) is 5.11 Å². The third-order valence-corrected chi connectivity index (χ3v) is 2.87. The van der Waals surface area contributed by atoms with Crippen molar-refractivity contribution in [1.29, 1.82) is 0 Å². The molecule has 2 aromatic rings. The van der Waals surface area contributed by atoms with E-state index in [-0.39, 0.29) is 0 Å². The van der Waals surface area contributed by atoms with Gasteiger partial charge in [0, 0.05) is 29.9 Å². The van der Waals surface area contributed by atoms with E-state index in [2.05, 4.69) is 10.4 Å². The first kappa shape index (κ1) is 14.1. The van der Waals surface area contributed by atoms with E-state index in [0.717, 1.165) is 11.3 Å². The molecule has 1 aromatic heterocycles. The van der Waals surface area contributed by atoms with Gasteiger partial charge in [0.15, 0.2) is 0 Å². The van der Waals surface area contributed by atoms with Crippen LogP contribution in [0.5, 0.6) is 0 Å². The second-order valence-electron chi connectivity index (χ2n) is 5.19. The smallest absolute Gasteiger partial charge is 0.0715 e. The molecule has 0 unspecified atom stereocenters. The van der Waals surface area contributed by atoms with E-state index in [0.29, 0.717) is 18.1 Å². The van der Waals surface area contributed by atoms with Crippen LogP contribution in [0.15, 0.2) is 36.7 Å². The van der Waals surface area contributed by atoms with Gasteiger partial charge in [-0.1, -0.05) is 11.6 Å². The second kappa shape index (κ2) is 5.74. The first-order valence-corrected chi connectivity index (χ1v) is 6.54. The highest BCUT2D eigenvalue weighted by atomic mass is 35.5. The number of rotatable bonds is 5. The molecule has 0 aliphatic carbocycles. The van der Waals surface area contributed by atoms with Gasteiger partial charge in [-0.25, -0.2) is 4.68 Å². The summed E-state index contributed by atoms with van der Waals surface area (Å²) >= 11 is 5.85. The highest BCUT2D eigenvalue weighted by Crippen LogP contribution is 2.13. The standard InChI is InChI=1S/C14H18ClN3O/c1-14(2,19)10-16-7-11-8-17-18(9-11)13-5-3-12(15)4-6-13/h3-6,8-9,16,19H,7,10H2,1-2H3. The Bertz CT molecular complexity index is 528. The molecular formula is C14H18ClN3O. The zero-order chi connectivity index (χ0) is 13.9. The van der Waals surface area contributed by atoms with E-state index in [1.807, 2.05) is 36.7 Å². The molecule has 0 fully saturated rings. The quantitative estimate of drug-likeness (QED) is 0.884. The number of benzene rings is 1. The minimum Gasteiger partial charge on any atom is -0.389 e. The predicted octanol–water partition coefficient (Wildman–Crippen LogP) is 2.39. The fraction of sp³-hybridized carbons (Fsp3) is 0.357. The summed E-state index contributed by atoms with van der Waals surface area (Å²) in [6.45, 7) is 4.77. The van der Waals surface area contributed by atoms with Crippen LogP contribution in [0.1, 0.15) is 19.4 Å². The van der Waals surface area contributed by atoms with Crippen molar-refractivity contribution in [2.24, 2.45) is 0 Å². The van der Waals surface area contributed by atoms with Crippen molar-refractivity contribution in [3.8, 4) is 5.69 Å².